The number of thiophene rings is 1. The molecule has 1 aromatic carbocycles. The standard InChI is InChI=1S/C21H23N3OS/c1-3-10-22-16-8-9-17-18(11-16)26-20-19(17)21(25)24(13-23-20)12-15-6-4-14(2)5-7-15/h3-7,13,16,22H,1,8-12H2,2H3. The summed E-state index contributed by atoms with van der Waals surface area (Å²) >= 11 is 1.68. The zero-order valence-electron chi connectivity index (χ0n) is 15.0. The highest BCUT2D eigenvalue weighted by atomic mass is 32.1. The topological polar surface area (TPSA) is 46.9 Å². The highest BCUT2D eigenvalue weighted by Crippen LogP contribution is 2.33. The van der Waals surface area contributed by atoms with Crippen molar-refractivity contribution >= 4 is 21.6 Å². The lowest BCUT2D eigenvalue weighted by Crippen LogP contribution is -2.34. The summed E-state index contributed by atoms with van der Waals surface area (Å²) in [6.07, 6.45) is 6.56. The van der Waals surface area contributed by atoms with E-state index in [9.17, 15) is 4.79 Å². The molecule has 0 saturated carbocycles. The van der Waals surface area contributed by atoms with E-state index in [2.05, 4.69) is 48.1 Å². The van der Waals surface area contributed by atoms with Gasteiger partial charge in [-0.15, -0.1) is 17.9 Å². The van der Waals surface area contributed by atoms with Gasteiger partial charge in [-0.2, -0.15) is 0 Å². The molecule has 0 amide bonds. The van der Waals surface area contributed by atoms with Crippen molar-refractivity contribution < 1.29 is 0 Å². The maximum absolute atomic E-state index is 13.1. The van der Waals surface area contributed by atoms with Crippen LogP contribution in [-0.2, 0) is 19.4 Å². The zero-order chi connectivity index (χ0) is 18.1. The van der Waals surface area contributed by atoms with E-state index in [1.165, 1.54) is 16.0 Å². The van der Waals surface area contributed by atoms with Gasteiger partial charge in [0.25, 0.3) is 5.56 Å². The molecular formula is C21H23N3OS. The van der Waals surface area contributed by atoms with E-state index < -0.39 is 0 Å². The first kappa shape index (κ1) is 17.2. The fourth-order valence-corrected chi connectivity index (χ4v) is 4.89. The van der Waals surface area contributed by atoms with E-state index in [-0.39, 0.29) is 5.56 Å². The van der Waals surface area contributed by atoms with Crippen molar-refractivity contribution in [1.29, 1.82) is 0 Å². The van der Waals surface area contributed by atoms with Crippen molar-refractivity contribution in [2.24, 2.45) is 0 Å². The molecule has 134 valence electrons. The molecule has 5 heteroatoms. The van der Waals surface area contributed by atoms with Gasteiger partial charge in [0.15, 0.2) is 0 Å². The molecule has 0 spiro atoms. The molecule has 4 nitrogen and oxygen atoms in total. The van der Waals surface area contributed by atoms with E-state index in [0.717, 1.165) is 41.6 Å². The fourth-order valence-electron chi connectivity index (χ4n) is 3.63. The average molecular weight is 366 g/mol. The monoisotopic (exact) mass is 365 g/mol. The summed E-state index contributed by atoms with van der Waals surface area (Å²) in [5.41, 5.74) is 3.65. The number of nitrogens with one attached hydrogen (secondary N) is 1. The van der Waals surface area contributed by atoms with Crippen molar-refractivity contribution in [2.75, 3.05) is 6.54 Å². The van der Waals surface area contributed by atoms with Crippen LogP contribution in [-0.4, -0.2) is 22.1 Å². The van der Waals surface area contributed by atoms with Gasteiger partial charge in [-0.25, -0.2) is 4.98 Å². The Morgan fingerprint density at radius 2 is 2.19 bits per heavy atom. The zero-order valence-corrected chi connectivity index (χ0v) is 15.8. The van der Waals surface area contributed by atoms with Crippen LogP contribution in [0.25, 0.3) is 10.2 Å². The lowest BCUT2D eigenvalue weighted by molar-refractivity contribution is 0.485. The van der Waals surface area contributed by atoms with Crippen LogP contribution < -0.4 is 10.9 Å². The summed E-state index contributed by atoms with van der Waals surface area (Å²) in [6, 6.07) is 8.77. The molecule has 0 fully saturated rings. The molecule has 1 unspecified atom stereocenters. The van der Waals surface area contributed by atoms with E-state index in [0.29, 0.717) is 12.6 Å². The van der Waals surface area contributed by atoms with Crippen molar-refractivity contribution in [3.05, 3.63) is 75.2 Å². The van der Waals surface area contributed by atoms with Gasteiger partial charge in [0.2, 0.25) is 0 Å². The number of hydrogen-bond acceptors (Lipinski definition) is 4. The van der Waals surface area contributed by atoms with Crippen LogP contribution in [0.1, 0.15) is 28.0 Å². The normalized spacial score (nSPS) is 16.6. The Balaban J connectivity index is 1.67. The van der Waals surface area contributed by atoms with Gasteiger partial charge in [0.05, 0.1) is 18.3 Å². The third kappa shape index (κ3) is 3.24. The number of fused-ring (bicyclic) bond motifs is 3. The predicted octanol–water partition coefficient (Wildman–Crippen LogP) is 3.45. The summed E-state index contributed by atoms with van der Waals surface area (Å²) in [5, 5.41) is 4.34. The van der Waals surface area contributed by atoms with Gasteiger partial charge >= 0.3 is 0 Å². The van der Waals surface area contributed by atoms with Crippen LogP contribution in [0, 0.1) is 6.92 Å². The second kappa shape index (κ2) is 7.17. The van der Waals surface area contributed by atoms with E-state index >= 15 is 0 Å². The lowest BCUT2D eigenvalue weighted by atomic mass is 9.93. The minimum Gasteiger partial charge on any atom is -0.310 e. The summed E-state index contributed by atoms with van der Waals surface area (Å²) in [5.74, 6) is 0. The molecule has 1 N–H and O–H groups in total. The van der Waals surface area contributed by atoms with Crippen LogP contribution >= 0.6 is 11.3 Å². The number of benzene rings is 1. The summed E-state index contributed by atoms with van der Waals surface area (Å²) in [7, 11) is 0. The Kier molecular flexibility index (Phi) is 4.74. The summed E-state index contributed by atoms with van der Waals surface area (Å²) in [6.45, 7) is 7.23. The molecular weight excluding hydrogens is 342 g/mol. The highest BCUT2D eigenvalue weighted by Gasteiger charge is 2.24. The first-order valence-corrected chi connectivity index (χ1v) is 9.87. The molecule has 1 aliphatic rings. The van der Waals surface area contributed by atoms with E-state index in [4.69, 9.17) is 0 Å². The first-order chi connectivity index (χ1) is 12.7. The number of rotatable bonds is 5. The minimum absolute atomic E-state index is 0.0885. The molecule has 2 aromatic heterocycles. The Hall–Kier alpha value is -2.24. The van der Waals surface area contributed by atoms with Gasteiger partial charge in [0, 0.05) is 17.5 Å². The molecule has 1 atom stereocenters. The molecule has 0 bridgehead atoms. The average Bonchev–Trinajstić information content (AvgIpc) is 3.02. The van der Waals surface area contributed by atoms with E-state index in [1.54, 1.807) is 22.2 Å². The predicted molar refractivity (Wildman–Crippen MR) is 108 cm³/mol. The molecule has 4 rings (SSSR count). The molecule has 0 aliphatic heterocycles. The quantitative estimate of drug-likeness (QED) is 0.705. The number of hydrogen-bond donors (Lipinski definition) is 1. The van der Waals surface area contributed by atoms with Gasteiger partial charge in [-0.05, 0) is 37.3 Å². The lowest BCUT2D eigenvalue weighted by Gasteiger charge is -2.22. The summed E-state index contributed by atoms with van der Waals surface area (Å²) in [4.78, 5) is 19.9. The van der Waals surface area contributed by atoms with Gasteiger partial charge in [-0.1, -0.05) is 35.9 Å². The summed E-state index contributed by atoms with van der Waals surface area (Å²) < 4.78 is 1.74. The smallest absolute Gasteiger partial charge is 0.262 e. The molecule has 1 aliphatic carbocycles. The van der Waals surface area contributed by atoms with E-state index in [1.807, 2.05) is 6.08 Å². The molecule has 0 saturated heterocycles. The number of aryl methyl sites for hydroxylation is 2. The Morgan fingerprint density at radius 3 is 2.96 bits per heavy atom. The third-order valence-corrected chi connectivity index (χ3v) is 6.22. The second-order valence-corrected chi connectivity index (χ2v) is 8.07. The maximum atomic E-state index is 13.1. The van der Waals surface area contributed by atoms with Crippen molar-refractivity contribution in [1.82, 2.24) is 14.9 Å². The minimum atomic E-state index is 0.0885. The van der Waals surface area contributed by atoms with Crippen LogP contribution in [0.2, 0.25) is 0 Å². The van der Waals surface area contributed by atoms with Crippen LogP contribution in [0.5, 0.6) is 0 Å². The van der Waals surface area contributed by atoms with Crippen LogP contribution in [0.4, 0.5) is 0 Å². The van der Waals surface area contributed by atoms with Gasteiger partial charge < -0.3 is 5.32 Å². The number of nitrogens with zero attached hydrogens (tertiary/aromatic N) is 2. The van der Waals surface area contributed by atoms with Crippen molar-refractivity contribution in [3.63, 3.8) is 0 Å². The van der Waals surface area contributed by atoms with Gasteiger partial charge in [-0.3, -0.25) is 9.36 Å². The van der Waals surface area contributed by atoms with Crippen molar-refractivity contribution in [3.8, 4) is 0 Å². The van der Waals surface area contributed by atoms with Gasteiger partial charge in [0.1, 0.15) is 4.83 Å². The molecule has 0 radical (unpaired) electrons. The Bertz CT molecular complexity index is 1000. The highest BCUT2D eigenvalue weighted by molar-refractivity contribution is 7.18. The Morgan fingerprint density at radius 1 is 1.38 bits per heavy atom. The molecule has 26 heavy (non-hydrogen) atoms. The maximum Gasteiger partial charge on any atom is 0.262 e. The first-order valence-electron chi connectivity index (χ1n) is 9.05. The second-order valence-electron chi connectivity index (χ2n) is 6.98. The largest absolute Gasteiger partial charge is 0.310 e. The SMILES string of the molecule is C=CCNC1CCc2c(sc3ncn(Cc4ccc(C)cc4)c(=O)c23)C1. The molecule has 3 aromatic rings. The van der Waals surface area contributed by atoms with Crippen LogP contribution in [0.3, 0.4) is 0 Å². The fraction of sp³-hybridized carbons (Fsp3) is 0.333. The number of aromatic nitrogens is 2. The molecule has 2 heterocycles. The third-order valence-electron chi connectivity index (χ3n) is 5.06. The van der Waals surface area contributed by atoms with Crippen LogP contribution in [0.15, 0.2) is 48.0 Å². The Labute approximate surface area is 157 Å². The van der Waals surface area contributed by atoms with Crippen molar-refractivity contribution in [2.45, 2.75) is 38.8 Å².